The Hall–Kier alpha value is -1.31. The van der Waals surface area contributed by atoms with Crippen molar-refractivity contribution in [2.45, 2.75) is 46.0 Å². The molecule has 2 nitrogen and oxygen atoms in total. The molecule has 0 radical (unpaired) electrons. The molecule has 0 N–H and O–H groups in total. The van der Waals surface area contributed by atoms with Crippen LogP contribution in [0.15, 0.2) is 24.4 Å². The largest absolute Gasteiger partial charge is 0.304 e. The summed E-state index contributed by atoms with van der Waals surface area (Å²) in [6.07, 6.45) is 8.51. The summed E-state index contributed by atoms with van der Waals surface area (Å²) in [6, 6.07) is 6.26. The van der Waals surface area contributed by atoms with E-state index in [1.165, 1.54) is 37.1 Å². The van der Waals surface area contributed by atoms with Crippen LogP contribution in [0.3, 0.4) is 0 Å². The number of hydrogen-bond acceptors (Lipinski definition) is 1. The molecule has 0 bridgehead atoms. The number of aromatic nitrogens is 2. The molecule has 2 aromatic heterocycles. The van der Waals surface area contributed by atoms with E-state index in [4.69, 9.17) is 0 Å². The van der Waals surface area contributed by atoms with Gasteiger partial charge in [-0.15, -0.1) is 0 Å². The number of aryl methyl sites for hydroxylation is 2. The van der Waals surface area contributed by atoms with Crippen molar-refractivity contribution in [2.75, 3.05) is 0 Å². The minimum atomic E-state index is 1.07. The molecule has 86 valence electrons. The Morgan fingerprint density at radius 1 is 1.19 bits per heavy atom. The zero-order valence-electron chi connectivity index (χ0n) is 10.2. The van der Waals surface area contributed by atoms with E-state index >= 15 is 0 Å². The van der Waals surface area contributed by atoms with Crippen LogP contribution >= 0.6 is 0 Å². The second kappa shape index (κ2) is 5.15. The third-order valence-corrected chi connectivity index (χ3v) is 3.03. The summed E-state index contributed by atoms with van der Waals surface area (Å²) in [5, 5.41) is 0. The summed E-state index contributed by atoms with van der Waals surface area (Å²) in [7, 11) is 0. The van der Waals surface area contributed by atoms with Crippen LogP contribution in [-0.4, -0.2) is 9.38 Å². The maximum absolute atomic E-state index is 4.63. The molecule has 2 heteroatoms. The standard InChI is InChI=1S/C14H20N2/c1-3-4-5-6-9-13-11-16-12(2)8-7-10-14(16)15-13/h7-8,10-11H,3-6,9H2,1-2H3. The average Bonchev–Trinajstić information content (AvgIpc) is 2.69. The van der Waals surface area contributed by atoms with Crippen molar-refractivity contribution in [1.29, 1.82) is 0 Å². The third kappa shape index (κ3) is 2.43. The van der Waals surface area contributed by atoms with Crippen molar-refractivity contribution in [3.8, 4) is 0 Å². The van der Waals surface area contributed by atoms with Gasteiger partial charge in [0.25, 0.3) is 0 Å². The van der Waals surface area contributed by atoms with Crippen LogP contribution in [-0.2, 0) is 6.42 Å². The van der Waals surface area contributed by atoms with Crippen LogP contribution in [0.1, 0.15) is 44.0 Å². The van der Waals surface area contributed by atoms with Gasteiger partial charge in [-0.2, -0.15) is 0 Å². The molecule has 0 fully saturated rings. The predicted molar refractivity (Wildman–Crippen MR) is 67.8 cm³/mol. The molecule has 2 heterocycles. The molecule has 16 heavy (non-hydrogen) atoms. The van der Waals surface area contributed by atoms with Crippen molar-refractivity contribution in [1.82, 2.24) is 9.38 Å². The maximum atomic E-state index is 4.63. The summed E-state index contributed by atoms with van der Waals surface area (Å²) in [6.45, 7) is 4.36. The predicted octanol–water partition coefficient (Wildman–Crippen LogP) is 3.77. The lowest BCUT2D eigenvalue weighted by molar-refractivity contribution is 0.662. The van der Waals surface area contributed by atoms with E-state index in [9.17, 15) is 0 Å². The van der Waals surface area contributed by atoms with Crippen LogP contribution in [0.25, 0.3) is 5.65 Å². The van der Waals surface area contributed by atoms with Crippen LogP contribution in [0.5, 0.6) is 0 Å². The van der Waals surface area contributed by atoms with E-state index in [1.807, 2.05) is 0 Å². The molecule has 0 aliphatic carbocycles. The molecule has 0 saturated carbocycles. The summed E-state index contributed by atoms with van der Waals surface area (Å²) in [5.74, 6) is 0. The number of pyridine rings is 1. The van der Waals surface area contributed by atoms with Gasteiger partial charge in [-0.1, -0.05) is 32.3 Å². The topological polar surface area (TPSA) is 17.3 Å². The van der Waals surface area contributed by atoms with Crippen molar-refractivity contribution in [2.24, 2.45) is 0 Å². The highest BCUT2D eigenvalue weighted by Crippen LogP contribution is 2.11. The monoisotopic (exact) mass is 216 g/mol. The molecule has 0 aliphatic heterocycles. The number of rotatable bonds is 5. The molecule has 0 saturated heterocycles. The van der Waals surface area contributed by atoms with Crippen LogP contribution in [0, 0.1) is 6.92 Å². The van der Waals surface area contributed by atoms with Crippen molar-refractivity contribution in [3.63, 3.8) is 0 Å². The lowest BCUT2D eigenvalue weighted by Crippen LogP contribution is -1.87. The summed E-state index contributed by atoms with van der Waals surface area (Å²) in [4.78, 5) is 4.63. The van der Waals surface area contributed by atoms with Gasteiger partial charge >= 0.3 is 0 Å². The molecule has 2 rings (SSSR count). The SMILES string of the molecule is CCCCCCc1cn2c(C)cccc2n1. The van der Waals surface area contributed by atoms with E-state index in [-0.39, 0.29) is 0 Å². The first kappa shape index (κ1) is 11.2. The normalized spacial score (nSPS) is 11.1. The van der Waals surface area contributed by atoms with Crippen LogP contribution < -0.4 is 0 Å². The average molecular weight is 216 g/mol. The molecule has 0 unspecified atom stereocenters. The zero-order valence-corrected chi connectivity index (χ0v) is 10.2. The molecule has 0 atom stereocenters. The molecule has 2 aromatic rings. The van der Waals surface area contributed by atoms with Crippen molar-refractivity contribution in [3.05, 3.63) is 35.8 Å². The second-order valence-electron chi connectivity index (χ2n) is 4.44. The Balaban J connectivity index is 2.05. The Kier molecular flexibility index (Phi) is 3.60. The van der Waals surface area contributed by atoms with Gasteiger partial charge in [0.15, 0.2) is 0 Å². The van der Waals surface area contributed by atoms with Gasteiger partial charge in [0, 0.05) is 11.9 Å². The molecule has 0 amide bonds. The minimum absolute atomic E-state index is 1.07. The number of nitrogens with zero attached hydrogens (tertiary/aromatic N) is 2. The summed E-state index contributed by atoms with van der Waals surface area (Å²) in [5.41, 5.74) is 3.56. The highest BCUT2D eigenvalue weighted by molar-refractivity contribution is 5.41. The van der Waals surface area contributed by atoms with E-state index in [1.54, 1.807) is 0 Å². The van der Waals surface area contributed by atoms with Gasteiger partial charge in [0.2, 0.25) is 0 Å². The van der Waals surface area contributed by atoms with Crippen molar-refractivity contribution >= 4 is 5.65 Å². The van der Waals surface area contributed by atoms with E-state index < -0.39 is 0 Å². The Labute approximate surface area is 97.3 Å². The van der Waals surface area contributed by atoms with E-state index in [0.717, 1.165) is 12.1 Å². The van der Waals surface area contributed by atoms with Gasteiger partial charge in [-0.3, -0.25) is 0 Å². The first-order valence-corrected chi connectivity index (χ1v) is 6.25. The Morgan fingerprint density at radius 3 is 2.81 bits per heavy atom. The first-order valence-electron chi connectivity index (χ1n) is 6.25. The first-order chi connectivity index (χ1) is 7.81. The third-order valence-electron chi connectivity index (χ3n) is 3.03. The lowest BCUT2D eigenvalue weighted by Gasteiger charge is -1.96. The molecule has 0 aliphatic rings. The fourth-order valence-corrected chi connectivity index (χ4v) is 2.05. The highest BCUT2D eigenvalue weighted by Gasteiger charge is 2.02. The molecular weight excluding hydrogens is 196 g/mol. The Bertz CT molecular complexity index is 457. The number of hydrogen-bond donors (Lipinski definition) is 0. The second-order valence-corrected chi connectivity index (χ2v) is 4.44. The highest BCUT2D eigenvalue weighted by atomic mass is 15.0. The smallest absolute Gasteiger partial charge is 0.137 e. The molecule has 0 aromatic carbocycles. The quantitative estimate of drug-likeness (QED) is 0.695. The maximum Gasteiger partial charge on any atom is 0.137 e. The van der Waals surface area contributed by atoms with Crippen LogP contribution in [0.2, 0.25) is 0 Å². The van der Waals surface area contributed by atoms with E-state index in [0.29, 0.717) is 0 Å². The molecular formula is C14H20N2. The summed E-state index contributed by atoms with van der Waals surface area (Å²) < 4.78 is 2.18. The van der Waals surface area contributed by atoms with Crippen LogP contribution in [0.4, 0.5) is 0 Å². The fraction of sp³-hybridized carbons (Fsp3) is 0.500. The summed E-state index contributed by atoms with van der Waals surface area (Å²) >= 11 is 0. The lowest BCUT2D eigenvalue weighted by atomic mass is 10.1. The number of imidazole rings is 1. The van der Waals surface area contributed by atoms with Gasteiger partial charge in [-0.25, -0.2) is 4.98 Å². The number of fused-ring (bicyclic) bond motifs is 1. The minimum Gasteiger partial charge on any atom is -0.304 e. The number of unbranched alkanes of at least 4 members (excludes halogenated alkanes) is 3. The van der Waals surface area contributed by atoms with Gasteiger partial charge in [-0.05, 0) is 31.9 Å². The molecule has 0 spiro atoms. The Morgan fingerprint density at radius 2 is 2.06 bits per heavy atom. The van der Waals surface area contributed by atoms with E-state index in [2.05, 4.69) is 47.6 Å². The van der Waals surface area contributed by atoms with Gasteiger partial charge in [0.1, 0.15) is 5.65 Å². The fourth-order valence-electron chi connectivity index (χ4n) is 2.05. The zero-order chi connectivity index (χ0) is 11.4. The van der Waals surface area contributed by atoms with Gasteiger partial charge in [0.05, 0.1) is 5.69 Å². The van der Waals surface area contributed by atoms with Crippen molar-refractivity contribution < 1.29 is 0 Å². The van der Waals surface area contributed by atoms with Gasteiger partial charge < -0.3 is 4.40 Å².